The van der Waals surface area contributed by atoms with Crippen LogP contribution in [0.25, 0.3) is 28.1 Å². The Morgan fingerprint density at radius 2 is 1.80 bits per heavy atom. The first kappa shape index (κ1) is 20.3. The Morgan fingerprint density at radius 1 is 1.00 bits per heavy atom. The number of hydrogen-bond donors (Lipinski definition) is 0. The van der Waals surface area contributed by atoms with Crippen LogP contribution >= 0.6 is 0 Å². The SMILES string of the molecule is Cc1ccc(-c2nnc(S(C)(=O)=O)n2C)c(-c2cccc(C)c2C2=CC=CCC2)c1. The zero-order valence-electron chi connectivity index (χ0n) is 17.7. The second kappa shape index (κ2) is 7.69. The molecule has 2 aromatic carbocycles. The minimum absolute atomic E-state index is 0.0337. The van der Waals surface area contributed by atoms with Crippen molar-refractivity contribution in [2.45, 2.75) is 31.8 Å². The first-order valence-electron chi connectivity index (χ1n) is 9.94. The van der Waals surface area contributed by atoms with E-state index in [2.05, 4.69) is 66.5 Å². The first-order valence-corrected chi connectivity index (χ1v) is 11.8. The van der Waals surface area contributed by atoms with Gasteiger partial charge < -0.3 is 4.57 Å². The van der Waals surface area contributed by atoms with Crippen LogP contribution in [0.1, 0.15) is 29.5 Å². The van der Waals surface area contributed by atoms with E-state index in [1.807, 2.05) is 12.1 Å². The molecule has 30 heavy (non-hydrogen) atoms. The fourth-order valence-corrected chi connectivity index (χ4v) is 4.85. The Hall–Kier alpha value is -2.99. The lowest BCUT2D eigenvalue weighted by Crippen LogP contribution is -2.07. The standard InChI is InChI=1S/C24H25N3O2S/c1-16-13-14-20(23-25-26-24(27(23)3)30(4,28)29)21(15-16)19-12-8-9-17(2)22(19)18-10-6-5-7-11-18/h5-6,8-10,12-15H,7,11H2,1-4H3. The highest BCUT2D eigenvalue weighted by atomic mass is 32.2. The molecule has 0 saturated carbocycles. The largest absolute Gasteiger partial charge is 0.301 e. The summed E-state index contributed by atoms with van der Waals surface area (Å²) in [7, 11) is -1.77. The average Bonchev–Trinajstić information content (AvgIpc) is 3.10. The van der Waals surface area contributed by atoms with E-state index in [-0.39, 0.29) is 5.16 Å². The van der Waals surface area contributed by atoms with Crippen LogP contribution in [0.3, 0.4) is 0 Å². The topological polar surface area (TPSA) is 64.8 Å². The van der Waals surface area contributed by atoms with Crippen molar-refractivity contribution in [3.63, 3.8) is 0 Å². The van der Waals surface area contributed by atoms with Crippen molar-refractivity contribution < 1.29 is 8.42 Å². The molecular weight excluding hydrogens is 394 g/mol. The Balaban J connectivity index is 1.99. The Bertz CT molecular complexity index is 1300. The highest BCUT2D eigenvalue weighted by Gasteiger charge is 2.22. The molecular formula is C24H25N3O2S. The van der Waals surface area contributed by atoms with Gasteiger partial charge in [-0.15, -0.1) is 10.2 Å². The van der Waals surface area contributed by atoms with Crippen molar-refractivity contribution in [2.75, 3.05) is 6.26 Å². The lowest BCUT2D eigenvalue weighted by Gasteiger charge is -2.19. The third-order valence-corrected chi connectivity index (χ3v) is 6.50. The van der Waals surface area contributed by atoms with E-state index in [0.717, 1.165) is 41.4 Å². The molecule has 0 bridgehead atoms. The summed E-state index contributed by atoms with van der Waals surface area (Å²) in [6.07, 6.45) is 9.67. The molecule has 1 aliphatic carbocycles. The van der Waals surface area contributed by atoms with E-state index >= 15 is 0 Å². The summed E-state index contributed by atoms with van der Waals surface area (Å²) in [5.74, 6) is 0.537. The van der Waals surface area contributed by atoms with Crippen molar-refractivity contribution in [3.05, 3.63) is 71.3 Å². The molecule has 4 rings (SSSR count). The summed E-state index contributed by atoms with van der Waals surface area (Å²) in [6, 6.07) is 12.5. The molecule has 6 heteroatoms. The Kier molecular flexibility index (Phi) is 5.20. The quantitative estimate of drug-likeness (QED) is 0.603. The molecule has 0 saturated heterocycles. The number of rotatable bonds is 4. The van der Waals surface area contributed by atoms with Gasteiger partial charge in [0.25, 0.3) is 0 Å². The van der Waals surface area contributed by atoms with E-state index in [0.29, 0.717) is 5.82 Å². The highest BCUT2D eigenvalue weighted by molar-refractivity contribution is 7.90. The van der Waals surface area contributed by atoms with E-state index in [4.69, 9.17) is 0 Å². The maximum absolute atomic E-state index is 12.1. The zero-order valence-corrected chi connectivity index (χ0v) is 18.5. The van der Waals surface area contributed by atoms with Gasteiger partial charge in [-0.2, -0.15) is 0 Å². The summed E-state index contributed by atoms with van der Waals surface area (Å²) in [5.41, 5.74) is 7.91. The van der Waals surface area contributed by atoms with Gasteiger partial charge in [-0.3, -0.25) is 0 Å². The smallest absolute Gasteiger partial charge is 0.249 e. The second-order valence-corrected chi connectivity index (χ2v) is 9.75. The molecule has 1 heterocycles. The predicted molar refractivity (Wildman–Crippen MR) is 121 cm³/mol. The number of aromatic nitrogens is 3. The number of hydrogen-bond acceptors (Lipinski definition) is 4. The summed E-state index contributed by atoms with van der Waals surface area (Å²) < 4.78 is 25.7. The van der Waals surface area contributed by atoms with E-state index in [1.54, 1.807) is 11.6 Å². The van der Waals surface area contributed by atoms with Gasteiger partial charge in [0, 0.05) is 18.9 Å². The summed E-state index contributed by atoms with van der Waals surface area (Å²) in [6.45, 7) is 4.20. The van der Waals surface area contributed by atoms with Crippen molar-refractivity contribution >= 4 is 15.4 Å². The third-order valence-electron chi connectivity index (χ3n) is 5.48. The van der Waals surface area contributed by atoms with Crippen LogP contribution in [0, 0.1) is 13.8 Å². The number of aryl methyl sites for hydroxylation is 2. The molecule has 0 fully saturated rings. The van der Waals surface area contributed by atoms with Crippen molar-refractivity contribution in [1.29, 1.82) is 0 Å². The second-order valence-electron chi connectivity index (χ2n) is 7.84. The minimum atomic E-state index is -3.47. The van der Waals surface area contributed by atoms with Gasteiger partial charge >= 0.3 is 0 Å². The molecule has 0 aliphatic heterocycles. The van der Waals surface area contributed by atoms with Crippen molar-refractivity contribution in [3.8, 4) is 22.5 Å². The number of benzene rings is 2. The van der Waals surface area contributed by atoms with Crippen molar-refractivity contribution in [1.82, 2.24) is 14.8 Å². The molecule has 0 spiro atoms. The average molecular weight is 420 g/mol. The molecule has 154 valence electrons. The van der Waals surface area contributed by atoms with Gasteiger partial charge in [-0.1, -0.05) is 60.2 Å². The van der Waals surface area contributed by atoms with Gasteiger partial charge in [0.1, 0.15) is 0 Å². The van der Waals surface area contributed by atoms with Gasteiger partial charge in [-0.05, 0) is 54.5 Å². The molecule has 0 N–H and O–H groups in total. The zero-order chi connectivity index (χ0) is 21.5. The van der Waals surface area contributed by atoms with Crippen LogP contribution in [0.5, 0.6) is 0 Å². The molecule has 0 amide bonds. The lowest BCUT2D eigenvalue weighted by molar-refractivity contribution is 0.584. The van der Waals surface area contributed by atoms with Gasteiger partial charge in [-0.25, -0.2) is 8.42 Å². The molecule has 1 aromatic heterocycles. The van der Waals surface area contributed by atoms with Crippen LogP contribution in [0.2, 0.25) is 0 Å². The van der Waals surface area contributed by atoms with E-state index in [9.17, 15) is 8.42 Å². The van der Waals surface area contributed by atoms with Gasteiger partial charge in [0.2, 0.25) is 15.0 Å². The Morgan fingerprint density at radius 3 is 2.47 bits per heavy atom. The molecule has 1 aliphatic rings. The molecule has 0 atom stereocenters. The first-order chi connectivity index (χ1) is 14.3. The van der Waals surface area contributed by atoms with Crippen LogP contribution < -0.4 is 0 Å². The predicted octanol–water partition coefficient (Wildman–Crippen LogP) is 4.90. The van der Waals surface area contributed by atoms with Crippen LogP contribution in [0.4, 0.5) is 0 Å². The molecule has 3 aromatic rings. The van der Waals surface area contributed by atoms with E-state index < -0.39 is 9.84 Å². The van der Waals surface area contributed by atoms with Gasteiger partial charge in [0.05, 0.1) is 0 Å². The molecule has 5 nitrogen and oxygen atoms in total. The monoisotopic (exact) mass is 419 g/mol. The fourth-order valence-electron chi connectivity index (χ4n) is 4.08. The number of nitrogens with zero attached hydrogens (tertiary/aromatic N) is 3. The number of sulfone groups is 1. The molecule has 0 radical (unpaired) electrons. The number of allylic oxidation sites excluding steroid dienone is 4. The maximum Gasteiger partial charge on any atom is 0.249 e. The molecule has 0 unspecified atom stereocenters. The Labute approximate surface area is 177 Å². The van der Waals surface area contributed by atoms with Crippen molar-refractivity contribution in [2.24, 2.45) is 7.05 Å². The third kappa shape index (κ3) is 3.63. The normalized spacial score (nSPS) is 14.1. The van der Waals surface area contributed by atoms with Crippen LogP contribution in [0.15, 0.2) is 59.8 Å². The summed E-state index contributed by atoms with van der Waals surface area (Å²) in [5, 5.41) is 8.16. The summed E-state index contributed by atoms with van der Waals surface area (Å²) in [4.78, 5) is 0. The maximum atomic E-state index is 12.1. The summed E-state index contributed by atoms with van der Waals surface area (Å²) >= 11 is 0. The van der Waals surface area contributed by atoms with Gasteiger partial charge in [0.15, 0.2) is 5.82 Å². The van der Waals surface area contributed by atoms with Crippen LogP contribution in [-0.2, 0) is 16.9 Å². The van der Waals surface area contributed by atoms with Crippen LogP contribution in [-0.4, -0.2) is 29.4 Å². The fraction of sp³-hybridized carbons (Fsp3) is 0.250. The highest BCUT2D eigenvalue weighted by Crippen LogP contribution is 2.39. The lowest BCUT2D eigenvalue weighted by atomic mass is 9.85. The van der Waals surface area contributed by atoms with E-state index in [1.165, 1.54) is 16.7 Å². The minimum Gasteiger partial charge on any atom is -0.301 e.